The van der Waals surface area contributed by atoms with E-state index in [0.29, 0.717) is 30.1 Å². The van der Waals surface area contributed by atoms with Crippen molar-refractivity contribution >= 4 is 5.91 Å². The Hall–Kier alpha value is -3.15. The molecular formula is C23H23FN2O3. The summed E-state index contributed by atoms with van der Waals surface area (Å²) < 4.78 is 24.9. The second-order valence-corrected chi connectivity index (χ2v) is 7.12. The minimum Gasteiger partial charge on any atom is -0.497 e. The Morgan fingerprint density at radius 3 is 2.97 bits per heavy atom. The van der Waals surface area contributed by atoms with Gasteiger partial charge in [0.2, 0.25) is 5.91 Å². The van der Waals surface area contributed by atoms with E-state index < -0.39 is 0 Å². The summed E-state index contributed by atoms with van der Waals surface area (Å²) in [6.07, 6.45) is 4.11. The summed E-state index contributed by atoms with van der Waals surface area (Å²) in [6, 6.07) is 14.3. The molecule has 1 aromatic heterocycles. The number of ether oxygens (including phenoxy) is 1. The van der Waals surface area contributed by atoms with Gasteiger partial charge < -0.3 is 14.1 Å². The molecule has 6 heteroatoms. The lowest BCUT2D eigenvalue weighted by Gasteiger charge is -2.25. The molecule has 0 spiro atoms. The number of rotatable bonds is 6. The maximum atomic E-state index is 13.9. The SMILES string of the molecule is COc1cccc(C2CCCN2C(=O)CCc2ncc(-c3ccccc3F)o2)c1. The van der Waals surface area contributed by atoms with E-state index in [1.807, 2.05) is 29.2 Å². The van der Waals surface area contributed by atoms with Crippen LogP contribution in [0.5, 0.6) is 5.75 Å². The van der Waals surface area contributed by atoms with Crippen molar-refractivity contribution in [2.45, 2.75) is 31.7 Å². The van der Waals surface area contributed by atoms with Crippen LogP contribution in [0.1, 0.15) is 36.8 Å². The molecule has 5 nitrogen and oxygen atoms in total. The van der Waals surface area contributed by atoms with Gasteiger partial charge in [0.25, 0.3) is 0 Å². The number of benzene rings is 2. The van der Waals surface area contributed by atoms with Crippen molar-refractivity contribution in [3.8, 4) is 17.1 Å². The number of methoxy groups -OCH3 is 1. The maximum Gasteiger partial charge on any atom is 0.223 e. The number of likely N-dealkylation sites (tertiary alicyclic amines) is 1. The molecule has 1 aliphatic heterocycles. The second kappa shape index (κ2) is 8.47. The first-order valence-electron chi connectivity index (χ1n) is 9.78. The number of oxazole rings is 1. The van der Waals surface area contributed by atoms with Gasteiger partial charge in [0.1, 0.15) is 11.6 Å². The van der Waals surface area contributed by atoms with Gasteiger partial charge in [-0.25, -0.2) is 9.37 Å². The van der Waals surface area contributed by atoms with Crippen LogP contribution in [0.3, 0.4) is 0 Å². The van der Waals surface area contributed by atoms with Crippen molar-refractivity contribution in [3.63, 3.8) is 0 Å². The predicted octanol–water partition coefficient (Wildman–Crippen LogP) is 4.79. The molecule has 0 N–H and O–H groups in total. The van der Waals surface area contributed by atoms with Gasteiger partial charge in [-0.05, 0) is 42.7 Å². The summed E-state index contributed by atoms with van der Waals surface area (Å²) in [6.45, 7) is 0.743. The molecule has 1 unspecified atom stereocenters. The third-order valence-corrected chi connectivity index (χ3v) is 5.30. The largest absolute Gasteiger partial charge is 0.497 e. The normalized spacial score (nSPS) is 16.2. The van der Waals surface area contributed by atoms with Crippen molar-refractivity contribution in [3.05, 3.63) is 72.0 Å². The Morgan fingerprint density at radius 1 is 1.28 bits per heavy atom. The molecule has 0 radical (unpaired) electrons. The molecule has 0 bridgehead atoms. The summed E-state index contributed by atoms with van der Waals surface area (Å²) >= 11 is 0. The molecule has 1 fully saturated rings. The first kappa shape index (κ1) is 19.2. The molecule has 2 heterocycles. The van der Waals surface area contributed by atoms with E-state index in [-0.39, 0.29) is 17.8 Å². The minimum atomic E-state index is -0.357. The highest BCUT2D eigenvalue weighted by Gasteiger charge is 2.30. The van der Waals surface area contributed by atoms with E-state index in [1.165, 1.54) is 12.3 Å². The first-order valence-corrected chi connectivity index (χ1v) is 9.78. The number of hydrogen-bond acceptors (Lipinski definition) is 4. The lowest BCUT2D eigenvalue weighted by Crippen LogP contribution is -2.30. The van der Waals surface area contributed by atoms with E-state index in [2.05, 4.69) is 4.98 Å². The van der Waals surface area contributed by atoms with Crippen molar-refractivity contribution in [1.82, 2.24) is 9.88 Å². The molecule has 1 atom stereocenters. The summed E-state index contributed by atoms with van der Waals surface area (Å²) in [5.41, 5.74) is 1.46. The van der Waals surface area contributed by atoms with Crippen molar-refractivity contribution in [2.24, 2.45) is 0 Å². The molecule has 150 valence electrons. The summed E-state index contributed by atoms with van der Waals surface area (Å²) in [5.74, 6) is 1.32. The van der Waals surface area contributed by atoms with Crippen LogP contribution < -0.4 is 4.74 Å². The average molecular weight is 394 g/mol. The van der Waals surface area contributed by atoms with Crippen molar-refractivity contribution < 1.29 is 18.3 Å². The van der Waals surface area contributed by atoms with Crippen molar-refractivity contribution in [2.75, 3.05) is 13.7 Å². The van der Waals surface area contributed by atoms with Crippen molar-refractivity contribution in [1.29, 1.82) is 0 Å². The lowest BCUT2D eigenvalue weighted by molar-refractivity contribution is -0.132. The van der Waals surface area contributed by atoms with Crippen LogP contribution >= 0.6 is 0 Å². The predicted molar refractivity (Wildman–Crippen MR) is 107 cm³/mol. The molecule has 1 saturated heterocycles. The summed E-state index contributed by atoms with van der Waals surface area (Å²) in [7, 11) is 1.64. The third-order valence-electron chi connectivity index (χ3n) is 5.30. The van der Waals surface area contributed by atoms with Crippen LogP contribution in [0.15, 0.2) is 59.1 Å². The standard InChI is InChI=1S/C23H23FN2O3/c1-28-17-7-4-6-16(14-17)20-10-5-13-26(20)23(27)12-11-22-25-15-21(29-22)18-8-2-3-9-19(18)24/h2-4,6-9,14-15,20H,5,10-13H2,1H3. The number of hydrogen-bond donors (Lipinski definition) is 0. The van der Waals surface area contributed by atoms with Crippen LogP contribution in [0.2, 0.25) is 0 Å². The summed E-state index contributed by atoms with van der Waals surface area (Å²) in [4.78, 5) is 19.0. The first-order chi connectivity index (χ1) is 14.2. The third kappa shape index (κ3) is 4.16. The van der Waals surface area contributed by atoms with E-state index in [9.17, 15) is 9.18 Å². The van der Waals surface area contributed by atoms with Gasteiger partial charge in [0.15, 0.2) is 11.7 Å². The Balaban J connectivity index is 1.41. The highest BCUT2D eigenvalue weighted by atomic mass is 19.1. The number of halogens is 1. The Morgan fingerprint density at radius 2 is 2.14 bits per heavy atom. The lowest BCUT2D eigenvalue weighted by atomic mass is 10.0. The molecule has 3 aromatic rings. The van der Waals surface area contributed by atoms with E-state index in [1.54, 1.807) is 25.3 Å². The zero-order chi connectivity index (χ0) is 20.2. The fraction of sp³-hybridized carbons (Fsp3) is 0.304. The zero-order valence-electron chi connectivity index (χ0n) is 16.3. The number of aromatic nitrogens is 1. The van der Waals surface area contributed by atoms with Crippen LogP contribution in [-0.4, -0.2) is 29.4 Å². The highest BCUT2D eigenvalue weighted by Crippen LogP contribution is 2.34. The highest BCUT2D eigenvalue weighted by molar-refractivity contribution is 5.77. The van der Waals surface area contributed by atoms with Gasteiger partial charge >= 0.3 is 0 Å². The Bertz CT molecular complexity index is 1000. The van der Waals surface area contributed by atoms with Gasteiger partial charge in [0.05, 0.1) is 24.9 Å². The smallest absolute Gasteiger partial charge is 0.223 e. The van der Waals surface area contributed by atoms with Crippen LogP contribution in [0.4, 0.5) is 4.39 Å². The maximum absolute atomic E-state index is 13.9. The average Bonchev–Trinajstić information content (AvgIpc) is 3.42. The van der Waals surface area contributed by atoms with E-state index >= 15 is 0 Å². The molecule has 2 aromatic carbocycles. The number of amides is 1. The van der Waals surface area contributed by atoms with Gasteiger partial charge in [0, 0.05) is 19.4 Å². The fourth-order valence-electron chi connectivity index (χ4n) is 3.83. The number of nitrogens with zero attached hydrogens (tertiary/aromatic N) is 2. The summed E-state index contributed by atoms with van der Waals surface area (Å²) in [5, 5.41) is 0. The number of carbonyl (C=O) groups is 1. The monoisotopic (exact) mass is 394 g/mol. The van der Waals surface area contributed by atoms with Crippen LogP contribution in [-0.2, 0) is 11.2 Å². The molecule has 1 aliphatic rings. The van der Waals surface area contributed by atoms with Crippen LogP contribution in [0, 0.1) is 5.82 Å². The number of aryl methyl sites for hydroxylation is 1. The topological polar surface area (TPSA) is 55.6 Å². The Labute approximate surface area is 169 Å². The van der Waals surface area contributed by atoms with Gasteiger partial charge in [-0.3, -0.25) is 4.79 Å². The van der Waals surface area contributed by atoms with Gasteiger partial charge in [-0.1, -0.05) is 24.3 Å². The Kier molecular flexibility index (Phi) is 5.60. The molecule has 0 aliphatic carbocycles. The van der Waals surface area contributed by atoms with Gasteiger partial charge in [-0.2, -0.15) is 0 Å². The quantitative estimate of drug-likeness (QED) is 0.603. The number of carbonyl (C=O) groups excluding carboxylic acids is 1. The van der Waals surface area contributed by atoms with Gasteiger partial charge in [-0.15, -0.1) is 0 Å². The second-order valence-electron chi connectivity index (χ2n) is 7.12. The minimum absolute atomic E-state index is 0.0659. The van der Waals surface area contributed by atoms with E-state index in [0.717, 1.165) is 30.7 Å². The fourth-order valence-corrected chi connectivity index (χ4v) is 3.83. The molecule has 0 saturated carbocycles. The van der Waals surface area contributed by atoms with Crippen LogP contribution in [0.25, 0.3) is 11.3 Å². The van der Waals surface area contributed by atoms with E-state index in [4.69, 9.17) is 9.15 Å². The molecule has 4 rings (SSSR count). The molecule has 29 heavy (non-hydrogen) atoms. The molecule has 1 amide bonds. The zero-order valence-corrected chi connectivity index (χ0v) is 16.3. The molecular weight excluding hydrogens is 371 g/mol.